The molecule has 0 aliphatic carbocycles. The van der Waals surface area contributed by atoms with Gasteiger partial charge in [-0.25, -0.2) is 4.39 Å². The number of rotatable bonds is 4. The molecule has 0 aliphatic rings. The zero-order valence-corrected chi connectivity index (χ0v) is 12.2. The van der Waals surface area contributed by atoms with Gasteiger partial charge in [0.25, 0.3) is 11.8 Å². The van der Waals surface area contributed by atoms with Gasteiger partial charge in [0, 0.05) is 16.3 Å². The lowest BCUT2D eigenvalue weighted by molar-refractivity contribution is -0.126. The van der Waals surface area contributed by atoms with Crippen LogP contribution in [0.4, 0.5) is 24.5 Å². The predicted molar refractivity (Wildman–Crippen MR) is 80.4 cm³/mol. The fourth-order valence-electron chi connectivity index (χ4n) is 1.72. The van der Waals surface area contributed by atoms with E-state index in [2.05, 4.69) is 5.32 Å². The second kappa shape index (κ2) is 7.15. The van der Waals surface area contributed by atoms with E-state index in [1.165, 1.54) is 18.2 Å². The van der Waals surface area contributed by atoms with Crippen LogP contribution in [-0.2, 0) is 4.79 Å². The Balaban J connectivity index is 2.12. The number of benzene rings is 2. The van der Waals surface area contributed by atoms with Gasteiger partial charge < -0.3 is 10.6 Å². The molecule has 0 saturated heterocycles. The molecule has 2 rings (SSSR count). The van der Waals surface area contributed by atoms with Crippen molar-refractivity contribution in [1.82, 2.24) is 0 Å². The quantitative estimate of drug-likeness (QED) is 0.884. The van der Waals surface area contributed by atoms with Crippen LogP contribution in [0.2, 0.25) is 5.02 Å². The van der Waals surface area contributed by atoms with Gasteiger partial charge in [0.05, 0.1) is 5.69 Å². The van der Waals surface area contributed by atoms with Gasteiger partial charge in [-0.1, -0.05) is 17.7 Å². The number of carbonyl (C=O) groups excluding carboxylic acids is 2. The summed E-state index contributed by atoms with van der Waals surface area (Å²) in [5, 5.41) is 4.52. The molecule has 0 heterocycles. The lowest BCUT2D eigenvalue weighted by atomic mass is 10.2. The topological polar surface area (TPSA) is 58.2 Å². The first-order valence-corrected chi connectivity index (χ1v) is 6.70. The largest absolute Gasteiger partial charge is 0.321 e. The van der Waals surface area contributed by atoms with E-state index in [0.717, 1.165) is 12.1 Å². The monoisotopic (exact) mass is 342 g/mol. The minimum absolute atomic E-state index is 0.145. The van der Waals surface area contributed by atoms with Gasteiger partial charge in [-0.05, 0) is 36.4 Å². The molecule has 0 aromatic heterocycles. The van der Waals surface area contributed by atoms with Crippen LogP contribution in [0.3, 0.4) is 0 Å². The normalized spacial score (nSPS) is 10.5. The van der Waals surface area contributed by atoms with Crippen LogP contribution in [0.25, 0.3) is 0 Å². The Morgan fingerprint density at radius 1 is 1.04 bits per heavy atom. The molecule has 23 heavy (non-hydrogen) atoms. The zero-order valence-electron chi connectivity index (χ0n) is 11.4. The van der Waals surface area contributed by atoms with E-state index in [1.54, 1.807) is 12.1 Å². The van der Waals surface area contributed by atoms with Crippen molar-refractivity contribution in [1.29, 1.82) is 0 Å². The first-order valence-electron chi connectivity index (χ1n) is 6.32. The molecule has 2 amide bonds. The number of carbonyl (C=O) groups is 2. The Labute approximate surface area is 134 Å². The first kappa shape index (κ1) is 16.8. The van der Waals surface area contributed by atoms with Gasteiger partial charge >= 0.3 is 6.43 Å². The van der Waals surface area contributed by atoms with Gasteiger partial charge in [-0.15, -0.1) is 0 Å². The summed E-state index contributed by atoms with van der Waals surface area (Å²) in [7, 11) is 0. The molecular weight excluding hydrogens is 333 g/mol. The molecule has 0 radical (unpaired) electrons. The first-order chi connectivity index (χ1) is 10.9. The van der Waals surface area contributed by atoms with Crippen LogP contribution >= 0.6 is 11.6 Å². The van der Waals surface area contributed by atoms with Crippen molar-refractivity contribution in [3.63, 3.8) is 0 Å². The van der Waals surface area contributed by atoms with Crippen LogP contribution in [0.15, 0.2) is 42.5 Å². The summed E-state index contributed by atoms with van der Waals surface area (Å²) < 4.78 is 38.1. The molecule has 4 nitrogen and oxygen atoms in total. The van der Waals surface area contributed by atoms with Crippen LogP contribution in [-0.4, -0.2) is 18.2 Å². The molecule has 0 bridgehead atoms. The summed E-state index contributed by atoms with van der Waals surface area (Å²) in [6.07, 6.45) is -3.21. The molecule has 8 heteroatoms. The highest BCUT2D eigenvalue weighted by Gasteiger charge is 2.16. The van der Waals surface area contributed by atoms with Crippen LogP contribution in [0.5, 0.6) is 0 Å². The Hall–Kier alpha value is -2.54. The Morgan fingerprint density at radius 3 is 2.39 bits per heavy atom. The lowest BCUT2D eigenvalue weighted by Gasteiger charge is -2.09. The zero-order chi connectivity index (χ0) is 17.0. The Kier molecular flexibility index (Phi) is 5.23. The molecule has 2 aromatic rings. The molecule has 2 N–H and O–H groups in total. The van der Waals surface area contributed by atoms with Crippen molar-refractivity contribution < 1.29 is 22.8 Å². The Morgan fingerprint density at radius 2 is 1.78 bits per heavy atom. The summed E-state index contributed by atoms with van der Waals surface area (Å²) in [6.45, 7) is 0. The van der Waals surface area contributed by atoms with E-state index in [4.69, 9.17) is 11.6 Å². The molecule has 0 saturated carbocycles. The van der Waals surface area contributed by atoms with Crippen molar-refractivity contribution in [2.75, 3.05) is 10.6 Å². The average molecular weight is 343 g/mol. The summed E-state index contributed by atoms with van der Waals surface area (Å²) in [4.78, 5) is 22.8. The molecular formula is C15H10ClF3N2O2. The number of hydrogen-bond acceptors (Lipinski definition) is 2. The van der Waals surface area contributed by atoms with E-state index in [9.17, 15) is 22.8 Å². The molecule has 120 valence electrons. The van der Waals surface area contributed by atoms with Gasteiger partial charge in [-0.2, -0.15) is 8.78 Å². The number of alkyl halides is 2. The van der Waals surface area contributed by atoms with Crippen LogP contribution in [0, 0.1) is 5.82 Å². The second-order valence-corrected chi connectivity index (χ2v) is 4.89. The fraction of sp³-hybridized carbons (Fsp3) is 0.0667. The average Bonchev–Trinajstić information content (AvgIpc) is 2.49. The second-order valence-electron chi connectivity index (χ2n) is 4.45. The highest BCUT2D eigenvalue weighted by atomic mass is 35.5. The van der Waals surface area contributed by atoms with Crippen LogP contribution < -0.4 is 10.6 Å². The minimum Gasteiger partial charge on any atom is -0.321 e. The molecule has 0 spiro atoms. The van der Waals surface area contributed by atoms with Crippen molar-refractivity contribution in [2.24, 2.45) is 0 Å². The third kappa shape index (κ3) is 4.46. The van der Waals surface area contributed by atoms with Crippen molar-refractivity contribution in [2.45, 2.75) is 6.43 Å². The van der Waals surface area contributed by atoms with E-state index >= 15 is 0 Å². The molecule has 0 atom stereocenters. The Bertz CT molecular complexity index is 753. The summed E-state index contributed by atoms with van der Waals surface area (Å²) in [5.74, 6) is -3.01. The standard InChI is InChI=1S/C15H10ClF3N2O2/c16-9-3-1-2-8(6-9)14(22)21-12-5-4-10(7-11(12)17)20-15(23)13(18)19/h1-7,13H,(H,20,23)(H,21,22). The van der Waals surface area contributed by atoms with Crippen molar-refractivity contribution >= 4 is 34.8 Å². The number of hydrogen-bond donors (Lipinski definition) is 2. The number of anilines is 2. The summed E-state index contributed by atoms with van der Waals surface area (Å²) in [6, 6.07) is 9.22. The summed E-state index contributed by atoms with van der Waals surface area (Å²) >= 11 is 5.76. The third-order valence-electron chi connectivity index (χ3n) is 2.77. The number of halogens is 4. The third-order valence-corrected chi connectivity index (χ3v) is 3.00. The van der Waals surface area contributed by atoms with Gasteiger partial charge in [0.1, 0.15) is 5.82 Å². The maximum Gasteiger partial charge on any atom is 0.315 e. The number of amides is 2. The smallest absolute Gasteiger partial charge is 0.315 e. The van der Waals surface area contributed by atoms with Gasteiger partial charge in [0.15, 0.2) is 0 Å². The SMILES string of the molecule is O=C(Nc1ccc(NC(=O)C(F)F)cc1F)c1cccc(Cl)c1. The molecule has 2 aromatic carbocycles. The van der Waals surface area contributed by atoms with E-state index in [-0.39, 0.29) is 16.9 Å². The molecule has 0 fully saturated rings. The summed E-state index contributed by atoms with van der Waals surface area (Å²) in [5.41, 5.74) is -0.0782. The predicted octanol–water partition coefficient (Wildman–Crippen LogP) is 3.94. The number of nitrogens with one attached hydrogen (secondary N) is 2. The van der Waals surface area contributed by atoms with E-state index < -0.39 is 24.1 Å². The highest BCUT2D eigenvalue weighted by molar-refractivity contribution is 6.31. The van der Waals surface area contributed by atoms with E-state index in [1.807, 2.05) is 5.32 Å². The maximum atomic E-state index is 13.9. The van der Waals surface area contributed by atoms with Gasteiger partial charge in [0.2, 0.25) is 0 Å². The van der Waals surface area contributed by atoms with Gasteiger partial charge in [-0.3, -0.25) is 9.59 Å². The lowest BCUT2D eigenvalue weighted by Crippen LogP contribution is -2.20. The van der Waals surface area contributed by atoms with Crippen LogP contribution in [0.1, 0.15) is 10.4 Å². The minimum atomic E-state index is -3.21. The maximum absolute atomic E-state index is 13.9. The van der Waals surface area contributed by atoms with Crippen molar-refractivity contribution in [3.8, 4) is 0 Å². The molecule has 0 aliphatic heterocycles. The van der Waals surface area contributed by atoms with E-state index in [0.29, 0.717) is 5.02 Å². The highest BCUT2D eigenvalue weighted by Crippen LogP contribution is 2.21. The molecule has 0 unspecified atom stereocenters. The fourth-order valence-corrected chi connectivity index (χ4v) is 1.91. The van der Waals surface area contributed by atoms with Crippen molar-refractivity contribution in [3.05, 3.63) is 58.9 Å².